The second-order valence-corrected chi connectivity index (χ2v) is 6.11. The van der Waals surface area contributed by atoms with Crippen molar-refractivity contribution in [3.05, 3.63) is 35.6 Å². The van der Waals surface area contributed by atoms with Gasteiger partial charge in [0.15, 0.2) is 5.79 Å². The second-order valence-electron chi connectivity index (χ2n) is 6.11. The number of halogens is 1. The van der Waals surface area contributed by atoms with Gasteiger partial charge in [0, 0.05) is 24.9 Å². The van der Waals surface area contributed by atoms with Gasteiger partial charge in [0.2, 0.25) is 0 Å². The highest BCUT2D eigenvalue weighted by molar-refractivity contribution is 5.16. The van der Waals surface area contributed by atoms with Gasteiger partial charge in [-0.3, -0.25) is 0 Å². The van der Waals surface area contributed by atoms with E-state index in [1.165, 1.54) is 18.9 Å². The van der Waals surface area contributed by atoms with Gasteiger partial charge in [-0.1, -0.05) is 18.2 Å². The van der Waals surface area contributed by atoms with Gasteiger partial charge in [-0.15, -0.1) is 0 Å². The third-order valence-electron chi connectivity index (χ3n) is 4.68. The lowest BCUT2D eigenvalue weighted by Gasteiger charge is -2.35. The highest BCUT2D eigenvalue weighted by atomic mass is 19.1. The van der Waals surface area contributed by atoms with E-state index < -0.39 is 0 Å². The molecule has 21 heavy (non-hydrogen) atoms. The average Bonchev–Trinajstić information content (AvgIpc) is 2.96. The van der Waals surface area contributed by atoms with Crippen molar-refractivity contribution in [2.75, 3.05) is 19.8 Å². The molecule has 1 N–H and O–H groups in total. The molecule has 1 aromatic carbocycles. The Balaban J connectivity index is 1.34. The van der Waals surface area contributed by atoms with E-state index >= 15 is 0 Å². The van der Waals surface area contributed by atoms with Crippen LogP contribution in [0, 0.1) is 11.7 Å². The zero-order valence-corrected chi connectivity index (χ0v) is 12.4. The highest BCUT2D eigenvalue weighted by Gasteiger charge is 2.39. The van der Waals surface area contributed by atoms with Gasteiger partial charge < -0.3 is 14.8 Å². The number of benzene rings is 1. The van der Waals surface area contributed by atoms with Gasteiger partial charge in [0.05, 0.1) is 13.2 Å². The van der Waals surface area contributed by atoms with Crippen molar-refractivity contribution in [3.8, 4) is 0 Å². The molecule has 0 radical (unpaired) electrons. The number of hydrogen-bond donors (Lipinski definition) is 1. The zero-order valence-electron chi connectivity index (χ0n) is 12.4. The Bertz CT molecular complexity index is 450. The summed E-state index contributed by atoms with van der Waals surface area (Å²) in [6.07, 6.45) is 5.52. The standard InChI is InChI=1S/C17H24FNO2/c18-16-4-2-1-3-15(16)13-19-10-7-14-5-8-17(9-6-14)20-11-12-21-17/h1-4,14,19H,5-13H2. The van der Waals surface area contributed by atoms with Crippen molar-refractivity contribution in [1.29, 1.82) is 0 Å². The maximum atomic E-state index is 13.5. The van der Waals surface area contributed by atoms with Crippen LogP contribution in [0.5, 0.6) is 0 Å². The molecule has 1 aliphatic heterocycles. The molecule has 1 saturated carbocycles. The van der Waals surface area contributed by atoms with Crippen molar-refractivity contribution in [2.45, 2.75) is 44.4 Å². The van der Waals surface area contributed by atoms with E-state index in [1.54, 1.807) is 6.07 Å². The number of rotatable bonds is 5. The van der Waals surface area contributed by atoms with Gasteiger partial charge in [-0.25, -0.2) is 4.39 Å². The van der Waals surface area contributed by atoms with Crippen LogP contribution in [0.15, 0.2) is 24.3 Å². The summed E-state index contributed by atoms with van der Waals surface area (Å²) < 4.78 is 25.0. The van der Waals surface area contributed by atoms with Gasteiger partial charge >= 0.3 is 0 Å². The van der Waals surface area contributed by atoms with Crippen molar-refractivity contribution >= 4 is 0 Å². The third kappa shape index (κ3) is 3.82. The lowest BCUT2D eigenvalue weighted by atomic mass is 9.83. The fourth-order valence-corrected chi connectivity index (χ4v) is 3.36. The van der Waals surface area contributed by atoms with E-state index in [0.29, 0.717) is 6.54 Å². The quantitative estimate of drug-likeness (QED) is 0.845. The summed E-state index contributed by atoms with van der Waals surface area (Å²) in [5.41, 5.74) is 0.743. The first-order valence-corrected chi connectivity index (χ1v) is 7.99. The second kappa shape index (κ2) is 6.86. The summed E-state index contributed by atoms with van der Waals surface area (Å²) in [5, 5.41) is 3.35. The van der Waals surface area contributed by atoms with E-state index in [9.17, 15) is 4.39 Å². The monoisotopic (exact) mass is 293 g/mol. The van der Waals surface area contributed by atoms with Crippen molar-refractivity contribution in [1.82, 2.24) is 5.32 Å². The molecular weight excluding hydrogens is 269 g/mol. The molecule has 0 amide bonds. The number of nitrogens with one attached hydrogen (secondary N) is 1. The Kier molecular flexibility index (Phi) is 4.88. The van der Waals surface area contributed by atoms with Crippen LogP contribution < -0.4 is 5.32 Å². The van der Waals surface area contributed by atoms with E-state index in [1.807, 2.05) is 12.1 Å². The molecule has 0 atom stereocenters. The molecule has 2 aliphatic rings. The molecule has 0 bridgehead atoms. The van der Waals surface area contributed by atoms with E-state index in [2.05, 4.69) is 5.32 Å². The highest BCUT2D eigenvalue weighted by Crippen LogP contribution is 2.39. The van der Waals surface area contributed by atoms with Crippen LogP contribution >= 0.6 is 0 Å². The van der Waals surface area contributed by atoms with Gasteiger partial charge in [0.1, 0.15) is 5.82 Å². The molecule has 1 spiro atoms. The summed E-state index contributed by atoms with van der Waals surface area (Å²) in [7, 11) is 0. The normalized spacial score (nSPS) is 22.0. The average molecular weight is 293 g/mol. The third-order valence-corrected chi connectivity index (χ3v) is 4.68. The first-order valence-electron chi connectivity index (χ1n) is 7.99. The van der Waals surface area contributed by atoms with Gasteiger partial charge in [-0.2, -0.15) is 0 Å². The predicted octanol–water partition coefficient (Wildman–Crippen LogP) is 3.24. The molecule has 3 rings (SSSR count). The Morgan fingerprint density at radius 3 is 2.57 bits per heavy atom. The molecule has 0 unspecified atom stereocenters. The minimum absolute atomic E-state index is 0.125. The van der Waals surface area contributed by atoms with Crippen LogP contribution in [-0.4, -0.2) is 25.5 Å². The SMILES string of the molecule is Fc1ccccc1CNCCC1CCC2(CC1)OCCO2. The largest absolute Gasteiger partial charge is 0.348 e. The molecular formula is C17H24FNO2. The topological polar surface area (TPSA) is 30.5 Å². The zero-order chi connectivity index (χ0) is 14.5. The van der Waals surface area contributed by atoms with Crippen LogP contribution in [0.25, 0.3) is 0 Å². The first kappa shape index (κ1) is 14.9. The van der Waals surface area contributed by atoms with Gasteiger partial charge in [-0.05, 0) is 37.8 Å². The van der Waals surface area contributed by atoms with E-state index in [4.69, 9.17) is 9.47 Å². The van der Waals surface area contributed by atoms with E-state index in [-0.39, 0.29) is 11.6 Å². The summed E-state index contributed by atoms with van der Waals surface area (Å²) in [5.74, 6) is 0.355. The molecule has 1 saturated heterocycles. The molecule has 0 aromatic heterocycles. The van der Waals surface area contributed by atoms with Crippen LogP contribution in [0.4, 0.5) is 4.39 Å². The Morgan fingerprint density at radius 1 is 1.14 bits per heavy atom. The van der Waals surface area contributed by atoms with Crippen LogP contribution in [0.1, 0.15) is 37.7 Å². The van der Waals surface area contributed by atoms with E-state index in [0.717, 1.165) is 50.5 Å². The Morgan fingerprint density at radius 2 is 1.86 bits per heavy atom. The summed E-state index contributed by atoms with van der Waals surface area (Å²) >= 11 is 0. The number of hydrogen-bond acceptors (Lipinski definition) is 3. The molecule has 1 aromatic rings. The first-order chi connectivity index (χ1) is 10.3. The summed E-state index contributed by atoms with van der Waals surface area (Å²) in [4.78, 5) is 0. The summed E-state index contributed by atoms with van der Waals surface area (Å²) in [6.45, 7) is 3.03. The lowest BCUT2D eigenvalue weighted by Crippen LogP contribution is -2.35. The number of ether oxygens (including phenoxy) is 2. The summed E-state index contributed by atoms with van der Waals surface area (Å²) in [6, 6.07) is 6.95. The molecule has 1 aliphatic carbocycles. The molecule has 116 valence electrons. The fraction of sp³-hybridized carbons (Fsp3) is 0.647. The van der Waals surface area contributed by atoms with Crippen LogP contribution in [-0.2, 0) is 16.0 Å². The van der Waals surface area contributed by atoms with Crippen molar-refractivity contribution in [3.63, 3.8) is 0 Å². The molecule has 4 heteroatoms. The Labute approximate surface area is 125 Å². The molecule has 2 fully saturated rings. The fourth-order valence-electron chi connectivity index (χ4n) is 3.36. The maximum absolute atomic E-state index is 13.5. The smallest absolute Gasteiger partial charge is 0.168 e. The van der Waals surface area contributed by atoms with Crippen molar-refractivity contribution in [2.24, 2.45) is 5.92 Å². The van der Waals surface area contributed by atoms with Crippen LogP contribution in [0.3, 0.4) is 0 Å². The van der Waals surface area contributed by atoms with Crippen molar-refractivity contribution < 1.29 is 13.9 Å². The minimum atomic E-state index is -0.253. The Hall–Kier alpha value is -0.970. The van der Waals surface area contributed by atoms with Gasteiger partial charge in [0.25, 0.3) is 0 Å². The maximum Gasteiger partial charge on any atom is 0.168 e. The minimum Gasteiger partial charge on any atom is -0.348 e. The molecule has 3 nitrogen and oxygen atoms in total. The lowest BCUT2D eigenvalue weighted by molar-refractivity contribution is -0.182. The molecule has 1 heterocycles. The predicted molar refractivity (Wildman–Crippen MR) is 79.3 cm³/mol. The van der Waals surface area contributed by atoms with Crippen LogP contribution in [0.2, 0.25) is 0 Å².